The third-order valence-electron chi connectivity index (χ3n) is 7.53. The van der Waals surface area contributed by atoms with Crippen molar-refractivity contribution in [3.05, 3.63) is 34.9 Å². The van der Waals surface area contributed by atoms with Crippen molar-refractivity contribution in [2.24, 2.45) is 10.4 Å². The quantitative estimate of drug-likeness (QED) is 0.437. The van der Waals surface area contributed by atoms with Crippen LogP contribution in [-0.2, 0) is 21.4 Å². The lowest BCUT2D eigenvalue weighted by Crippen LogP contribution is -2.78. The molecule has 2 bridgehead atoms. The van der Waals surface area contributed by atoms with Crippen LogP contribution in [0.2, 0.25) is 5.02 Å². The Morgan fingerprint density at radius 1 is 1.22 bits per heavy atom. The molecule has 2 N–H and O–H groups in total. The van der Waals surface area contributed by atoms with E-state index in [9.17, 15) is 31.5 Å². The van der Waals surface area contributed by atoms with Crippen LogP contribution in [0.4, 0.5) is 13.2 Å². The minimum atomic E-state index is -4.30. The average Bonchev–Trinajstić information content (AvgIpc) is 3.00. The van der Waals surface area contributed by atoms with Gasteiger partial charge in [0.1, 0.15) is 11.9 Å². The number of hydrogen-bond donors (Lipinski definition) is 2. The Hall–Kier alpha value is -1.69. The van der Waals surface area contributed by atoms with Gasteiger partial charge in [0.15, 0.2) is 5.78 Å². The fraction of sp³-hybridized carbons (Fsp3) is 0.667. The first kappa shape index (κ1) is 27.3. The second-order valence-electron chi connectivity index (χ2n) is 10.9. The van der Waals surface area contributed by atoms with Crippen LogP contribution in [0.15, 0.2) is 29.3 Å². The van der Waals surface area contributed by atoms with Crippen LogP contribution in [0.1, 0.15) is 57.9 Å². The van der Waals surface area contributed by atoms with Crippen LogP contribution in [-0.4, -0.2) is 65.1 Å². The Labute approximate surface area is 214 Å². The number of Topliss-reactive ketones (excluding diaryl/α,β-unsaturated/α-hetero) is 1. The zero-order valence-electron chi connectivity index (χ0n) is 20.2. The topological polar surface area (TPSA) is 99.1 Å². The Morgan fingerprint density at radius 3 is 2.39 bits per heavy atom. The SMILES string of the molecule is CC1(C)NC(C23CC(N(Cc4ccc(Cl)cc4)S(=O)(=O)CCO)(C2)C3)=N[C@H]1C(=O)CCCC(F)(F)F. The van der Waals surface area contributed by atoms with Crippen molar-refractivity contribution in [2.75, 3.05) is 12.4 Å². The molecule has 0 radical (unpaired) electrons. The Kier molecular flexibility index (Phi) is 7.03. The maximum Gasteiger partial charge on any atom is 0.389 e. The summed E-state index contributed by atoms with van der Waals surface area (Å²) >= 11 is 5.96. The second-order valence-corrected chi connectivity index (χ2v) is 13.3. The number of alkyl halides is 3. The lowest BCUT2D eigenvalue weighted by atomic mass is 9.38. The summed E-state index contributed by atoms with van der Waals surface area (Å²) in [5, 5.41) is 13.2. The van der Waals surface area contributed by atoms with E-state index >= 15 is 0 Å². The van der Waals surface area contributed by atoms with Gasteiger partial charge in [-0.2, -0.15) is 17.5 Å². The van der Waals surface area contributed by atoms with Gasteiger partial charge in [0.05, 0.1) is 17.9 Å². The van der Waals surface area contributed by atoms with E-state index in [4.69, 9.17) is 11.6 Å². The minimum Gasteiger partial charge on any atom is -0.395 e. The smallest absolute Gasteiger partial charge is 0.389 e. The molecule has 36 heavy (non-hydrogen) atoms. The van der Waals surface area contributed by atoms with E-state index in [2.05, 4.69) is 10.3 Å². The number of nitrogens with zero attached hydrogens (tertiary/aromatic N) is 2. The molecule has 1 aliphatic heterocycles. The van der Waals surface area contributed by atoms with Gasteiger partial charge in [-0.3, -0.25) is 9.79 Å². The van der Waals surface area contributed by atoms with Gasteiger partial charge >= 0.3 is 6.18 Å². The number of hydrogen-bond acceptors (Lipinski definition) is 6. The molecule has 1 atom stereocenters. The van der Waals surface area contributed by atoms with Gasteiger partial charge in [-0.1, -0.05) is 23.7 Å². The first-order chi connectivity index (χ1) is 16.6. The third-order valence-corrected chi connectivity index (χ3v) is 9.67. The molecule has 1 aromatic rings. The second kappa shape index (κ2) is 9.25. The largest absolute Gasteiger partial charge is 0.395 e. The molecule has 0 spiro atoms. The van der Waals surface area contributed by atoms with Crippen molar-refractivity contribution in [3.63, 3.8) is 0 Å². The summed E-state index contributed by atoms with van der Waals surface area (Å²) in [6.45, 7) is 3.27. The van der Waals surface area contributed by atoms with Crippen LogP contribution < -0.4 is 5.32 Å². The molecule has 200 valence electrons. The highest BCUT2D eigenvalue weighted by molar-refractivity contribution is 7.89. The number of nitrogens with one attached hydrogen (secondary N) is 1. The Bertz CT molecular complexity index is 1130. The van der Waals surface area contributed by atoms with Gasteiger partial charge in [-0.25, -0.2) is 8.42 Å². The molecule has 0 aromatic heterocycles. The predicted octanol–water partition coefficient (Wildman–Crippen LogP) is 3.84. The first-order valence-corrected chi connectivity index (χ1v) is 13.9. The van der Waals surface area contributed by atoms with E-state index in [1.807, 2.05) is 0 Å². The highest BCUT2D eigenvalue weighted by Gasteiger charge is 2.75. The highest BCUT2D eigenvalue weighted by Crippen LogP contribution is 2.71. The number of amidine groups is 1. The molecule has 3 fully saturated rings. The monoisotopic (exact) mass is 549 g/mol. The summed E-state index contributed by atoms with van der Waals surface area (Å²) in [5.74, 6) is -0.0757. The number of aliphatic imine (C=N–C) groups is 1. The molecule has 1 heterocycles. The van der Waals surface area contributed by atoms with Gasteiger partial charge in [-0.15, -0.1) is 0 Å². The van der Waals surface area contributed by atoms with Crippen LogP contribution in [0.3, 0.4) is 0 Å². The van der Waals surface area contributed by atoms with Crippen LogP contribution in [0.25, 0.3) is 0 Å². The summed E-state index contributed by atoms with van der Waals surface area (Å²) < 4.78 is 65.1. The van der Waals surface area contributed by atoms with E-state index in [0.29, 0.717) is 30.1 Å². The number of halogens is 4. The maximum atomic E-state index is 13.1. The molecular weight excluding hydrogens is 519 g/mol. The molecule has 3 saturated carbocycles. The summed E-state index contributed by atoms with van der Waals surface area (Å²) in [6, 6.07) is 6.15. The first-order valence-electron chi connectivity index (χ1n) is 11.9. The zero-order chi connectivity index (χ0) is 26.6. The van der Waals surface area contributed by atoms with E-state index in [1.54, 1.807) is 38.1 Å². The number of carbonyl (C=O) groups excluding carboxylic acids is 1. The van der Waals surface area contributed by atoms with Gasteiger partial charge < -0.3 is 10.4 Å². The molecule has 3 aliphatic carbocycles. The molecule has 4 aliphatic rings. The number of ketones is 1. The zero-order valence-corrected chi connectivity index (χ0v) is 21.8. The summed E-state index contributed by atoms with van der Waals surface area (Å²) in [5.41, 5.74) is -0.942. The predicted molar refractivity (Wildman–Crippen MR) is 130 cm³/mol. The fourth-order valence-electron chi connectivity index (χ4n) is 5.83. The number of aliphatic hydroxyl groups is 1. The molecule has 0 saturated heterocycles. The fourth-order valence-corrected chi connectivity index (χ4v) is 7.54. The number of benzene rings is 1. The lowest BCUT2D eigenvalue weighted by Gasteiger charge is -2.73. The molecule has 0 amide bonds. The van der Waals surface area contributed by atoms with Crippen molar-refractivity contribution in [2.45, 2.75) is 82.2 Å². The van der Waals surface area contributed by atoms with E-state index in [1.165, 1.54) is 4.31 Å². The van der Waals surface area contributed by atoms with Crippen molar-refractivity contribution in [1.82, 2.24) is 9.62 Å². The summed E-state index contributed by atoms with van der Waals surface area (Å²) in [4.78, 5) is 17.3. The molecule has 5 rings (SSSR count). The van der Waals surface area contributed by atoms with E-state index in [-0.39, 0.29) is 36.3 Å². The number of aliphatic hydroxyl groups excluding tert-OH is 1. The van der Waals surface area contributed by atoms with E-state index < -0.39 is 46.3 Å². The number of sulfonamides is 1. The van der Waals surface area contributed by atoms with Crippen molar-refractivity contribution in [3.8, 4) is 0 Å². The van der Waals surface area contributed by atoms with Crippen LogP contribution >= 0.6 is 11.6 Å². The summed E-state index contributed by atoms with van der Waals surface area (Å²) in [6.07, 6.45) is -4.20. The standard InChI is InChI=1S/C24H31ClF3N3O4S/c1-21(2)19(18(33)4-3-9-24(26,27)28)29-20(30-21)22-13-23(14-22,15-22)31(36(34,35)11-10-32)12-16-5-7-17(25)8-6-16/h5-8,19,32H,3-4,9-15H2,1-2H3,(H,29,30)/t19-,22?,23?/m0/s1. The van der Waals surface area contributed by atoms with Gasteiger partial charge in [-0.05, 0) is 57.2 Å². The molecule has 0 unspecified atom stereocenters. The van der Waals surface area contributed by atoms with Crippen molar-refractivity contribution in [1.29, 1.82) is 0 Å². The van der Waals surface area contributed by atoms with Crippen molar-refractivity contribution >= 4 is 33.2 Å². The number of rotatable bonds is 11. The molecular formula is C24H31ClF3N3O4S. The van der Waals surface area contributed by atoms with Crippen molar-refractivity contribution < 1.29 is 31.5 Å². The maximum absolute atomic E-state index is 13.1. The van der Waals surface area contributed by atoms with Gasteiger partial charge in [0, 0.05) is 35.4 Å². The average molecular weight is 550 g/mol. The highest BCUT2D eigenvalue weighted by atomic mass is 35.5. The Balaban J connectivity index is 1.47. The van der Waals surface area contributed by atoms with Crippen LogP contribution in [0, 0.1) is 5.41 Å². The normalized spacial score (nSPS) is 28.8. The lowest BCUT2D eigenvalue weighted by molar-refractivity contribution is -0.151. The van der Waals surface area contributed by atoms with Gasteiger partial charge in [0.25, 0.3) is 0 Å². The van der Waals surface area contributed by atoms with E-state index in [0.717, 1.165) is 5.56 Å². The minimum absolute atomic E-state index is 0.154. The van der Waals surface area contributed by atoms with Crippen LogP contribution in [0.5, 0.6) is 0 Å². The summed E-state index contributed by atoms with van der Waals surface area (Å²) in [7, 11) is -3.74. The molecule has 7 nitrogen and oxygen atoms in total. The third kappa shape index (κ3) is 5.16. The van der Waals surface area contributed by atoms with Gasteiger partial charge in [0.2, 0.25) is 10.0 Å². The number of carbonyl (C=O) groups is 1. The Morgan fingerprint density at radius 2 is 1.83 bits per heavy atom. The molecule has 1 aromatic carbocycles. The molecule has 12 heteroatoms.